The van der Waals surface area contributed by atoms with E-state index in [1.54, 1.807) is 18.2 Å². The molecule has 2 N–H and O–H groups in total. The molecule has 0 bridgehead atoms. The summed E-state index contributed by atoms with van der Waals surface area (Å²) in [6.45, 7) is 0. The Hall–Kier alpha value is -0.420. The number of nitrogens with zero attached hydrogens (tertiary/aromatic N) is 1. The van der Waals surface area contributed by atoms with Crippen LogP contribution in [-0.4, -0.2) is 34.8 Å². The third-order valence-electron chi connectivity index (χ3n) is 1.12. The topological polar surface area (TPSA) is 61.7 Å². The van der Waals surface area contributed by atoms with Gasteiger partial charge in [-0.1, -0.05) is 12.1 Å². The minimum absolute atomic E-state index is 0. The molecule has 0 spiro atoms. The van der Waals surface area contributed by atoms with E-state index in [-0.39, 0.29) is 35.2 Å². The molecule has 0 saturated carbocycles. The van der Waals surface area contributed by atoms with Crippen molar-refractivity contribution in [3.05, 3.63) is 29.2 Å². The standard InChI is InChI=1S/C6H6N2O2.Na.H/c9-7-5-3-1-2-4-6(5)8-10;;/h1-4,7,9H;;. The third-order valence-corrected chi connectivity index (χ3v) is 1.12. The fourth-order valence-electron chi connectivity index (χ4n) is 0.648. The molecule has 0 aliphatic heterocycles. The number of rotatable bonds is 2. The first-order chi connectivity index (χ1) is 4.88. The molecule has 0 aliphatic carbocycles. The number of nitroso groups, excluding NO2 is 1. The summed E-state index contributed by atoms with van der Waals surface area (Å²) in [7, 11) is 0. The minimum atomic E-state index is 0. The summed E-state index contributed by atoms with van der Waals surface area (Å²) in [5.41, 5.74) is 2.37. The van der Waals surface area contributed by atoms with Gasteiger partial charge in [-0.15, -0.1) is 4.91 Å². The molecule has 0 aromatic heterocycles. The van der Waals surface area contributed by atoms with Gasteiger partial charge in [0.1, 0.15) is 5.69 Å². The summed E-state index contributed by atoms with van der Waals surface area (Å²) in [6, 6.07) is 6.41. The Morgan fingerprint density at radius 3 is 2.45 bits per heavy atom. The molecule has 0 amide bonds. The number of hydrogen-bond acceptors (Lipinski definition) is 4. The van der Waals surface area contributed by atoms with Crippen molar-refractivity contribution in [2.24, 2.45) is 5.18 Å². The van der Waals surface area contributed by atoms with Gasteiger partial charge in [0.2, 0.25) is 0 Å². The summed E-state index contributed by atoms with van der Waals surface area (Å²) in [5.74, 6) is 0. The van der Waals surface area contributed by atoms with Crippen LogP contribution in [0.1, 0.15) is 0 Å². The number of anilines is 1. The van der Waals surface area contributed by atoms with Gasteiger partial charge in [-0.2, -0.15) is 0 Å². The molecule has 0 unspecified atom stereocenters. The van der Waals surface area contributed by atoms with Crippen molar-refractivity contribution in [1.82, 2.24) is 0 Å². The van der Waals surface area contributed by atoms with Gasteiger partial charge in [0.05, 0.1) is 5.69 Å². The molecule has 0 aliphatic rings. The zero-order chi connectivity index (χ0) is 7.40. The Morgan fingerprint density at radius 1 is 1.36 bits per heavy atom. The maximum absolute atomic E-state index is 9.99. The van der Waals surface area contributed by atoms with Gasteiger partial charge in [0, 0.05) is 0 Å². The molecule has 0 atom stereocenters. The number of para-hydroxylation sites is 1. The van der Waals surface area contributed by atoms with Crippen molar-refractivity contribution >= 4 is 40.9 Å². The second kappa shape index (κ2) is 5.26. The Morgan fingerprint density at radius 2 is 2.00 bits per heavy atom. The van der Waals surface area contributed by atoms with Gasteiger partial charge in [-0.3, -0.25) is 10.7 Å². The molecular formula is C6H7N2NaO2. The van der Waals surface area contributed by atoms with E-state index in [9.17, 15) is 4.91 Å². The van der Waals surface area contributed by atoms with Gasteiger partial charge in [-0.25, -0.2) is 0 Å². The molecule has 0 fully saturated rings. The number of nitrogens with one attached hydrogen (secondary N) is 1. The van der Waals surface area contributed by atoms with Crippen molar-refractivity contribution < 1.29 is 5.21 Å². The van der Waals surface area contributed by atoms with Crippen LogP contribution in [0.4, 0.5) is 11.4 Å². The zero-order valence-electron chi connectivity index (χ0n) is 5.11. The van der Waals surface area contributed by atoms with Crippen molar-refractivity contribution in [2.75, 3.05) is 5.48 Å². The fourth-order valence-corrected chi connectivity index (χ4v) is 0.648. The monoisotopic (exact) mass is 162 g/mol. The molecule has 1 aromatic rings. The van der Waals surface area contributed by atoms with Crippen LogP contribution < -0.4 is 5.48 Å². The molecule has 54 valence electrons. The number of benzene rings is 1. The van der Waals surface area contributed by atoms with E-state index in [0.717, 1.165) is 0 Å². The quantitative estimate of drug-likeness (QED) is 0.390. The second-order valence-electron chi connectivity index (χ2n) is 1.72. The van der Waals surface area contributed by atoms with E-state index in [0.29, 0.717) is 5.69 Å². The van der Waals surface area contributed by atoms with E-state index < -0.39 is 0 Å². The molecule has 4 nitrogen and oxygen atoms in total. The first-order valence-corrected chi connectivity index (χ1v) is 2.71. The van der Waals surface area contributed by atoms with Crippen LogP contribution in [0.5, 0.6) is 0 Å². The third kappa shape index (κ3) is 2.59. The van der Waals surface area contributed by atoms with Crippen molar-refractivity contribution in [1.29, 1.82) is 0 Å². The SMILES string of the molecule is O=Nc1ccccc1NO.[NaH]. The normalized spacial score (nSPS) is 8.09. The van der Waals surface area contributed by atoms with E-state index >= 15 is 0 Å². The second-order valence-corrected chi connectivity index (χ2v) is 1.72. The average molecular weight is 162 g/mol. The van der Waals surface area contributed by atoms with Crippen LogP contribution in [0, 0.1) is 4.91 Å². The predicted octanol–water partition coefficient (Wildman–Crippen LogP) is 1.24. The summed E-state index contributed by atoms with van der Waals surface area (Å²) in [5, 5.41) is 11.1. The Balaban J connectivity index is 0.000001000. The molecular weight excluding hydrogens is 155 g/mol. The molecule has 0 radical (unpaired) electrons. The molecule has 1 rings (SSSR count). The van der Waals surface area contributed by atoms with E-state index in [4.69, 9.17) is 5.21 Å². The van der Waals surface area contributed by atoms with Crippen LogP contribution in [0.25, 0.3) is 0 Å². The first kappa shape index (κ1) is 10.6. The van der Waals surface area contributed by atoms with Crippen molar-refractivity contribution in [3.63, 3.8) is 0 Å². The summed E-state index contributed by atoms with van der Waals surface area (Å²) >= 11 is 0. The fraction of sp³-hybridized carbons (Fsp3) is 0. The van der Waals surface area contributed by atoms with Gasteiger partial charge < -0.3 is 0 Å². The van der Waals surface area contributed by atoms with Crippen LogP contribution >= 0.6 is 0 Å². The van der Waals surface area contributed by atoms with E-state index in [1.165, 1.54) is 6.07 Å². The number of hydrogen-bond donors (Lipinski definition) is 2. The molecule has 1 aromatic carbocycles. The van der Waals surface area contributed by atoms with Crippen LogP contribution in [0.3, 0.4) is 0 Å². The summed E-state index contributed by atoms with van der Waals surface area (Å²) in [4.78, 5) is 9.99. The van der Waals surface area contributed by atoms with E-state index in [1.807, 2.05) is 5.48 Å². The maximum atomic E-state index is 9.99. The van der Waals surface area contributed by atoms with Gasteiger partial charge in [0.15, 0.2) is 0 Å². The van der Waals surface area contributed by atoms with Gasteiger partial charge in [0.25, 0.3) is 0 Å². The Labute approximate surface area is 85.8 Å². The average Bonchev–Trinajstić information content (AvgIpc) is 2.04. The van der Waals surface area contributed by atoms with Gasteiger partial charge >= 0.3 is 29.6 Å². The summed E-state index contributed by atoms with van der Waals surface area (Å²) < 4.78 is 0. The Bertz CT molecular complexity index is 242. The van der Waals surface area contributed by atoms with Crippen LogP contribution in [0.2, 0.25) is 0 Å². The van der Waals surface area contributed by atoms with Crippen LogP contribution in [-0.2, 0) is 0 Å². The summed E-state index contributed by atoms with van der Waals surface area (Å²) in [6.07, 6.45) is 0. The molecule has 0 saturated heterocycles. The predicted molar refractivity (Wildman–Crippen MR) is 44.5 cm³/mol. The Kier molecular flexibility index (Phi) is 5.06. The van der Waals surface area contributed by atoms with Crippen molar-refractivity contribution in [3.8, 4) is 0 Å². The van der Waals surface area contributed by atoms with Crippen molar-refractivity contribution in [2.45, 2.75) is 0 Å². The molecule has 0 heterocycles. The van der Waals surface area contributed by atoms with E-state index in [2.05, 4.69) is 5.18 Å². The van der Waals surface area contributed by atoms with Crippen LogP contribution in [0.15, 0.2) is 29.4 Å². The van der Waals surface area contributed by atoms with Gasteiger partial charge in [-0.05, 0) is 17.3 Å². The molecule has 5 heteroatoms. The first-order valence-electron chi connectivity index (χ1n) is 2.71. The molecule has 11 heavy (non-hydrogen) atoms. The zero-order valence-corrected chi connectivity index (χ0v) is 5.11.